The highest BCUT2D eigenvalue weighted by atomic mass is 79.9. The van der Waals surface area contributed by atoms with Gasteiger partial charge in [-0.1, -0.05) is 12.1 Å². The molecule has 6 nitrogen and oxygen atoms in total. The number of benzene rings is 2. The Balaban J connectivity index is 0.000000303. The lowest BCUT2D eigenvalue weighted by Crippen LogP contribution is -2.09. The van der Waals surface area contributed by atoms with Crippen molar-refractivity contribution in [3.05, 3.63) is 67.1 Å². The number of nitrogens with zero attached hydrogens (tertiary/aromatic N) is 2. The number of aliphatic carboxylic acids is 1. The van der Waals surface area contributed by atoms with E-state index in [1.807, 2.05) is 0 Å². The first-order chi connectivity index (χ1) is 14.2. The number of hydrogen-bond donors (Lipinski definition) is 1. The normalized spacial score (nSPS) is 9.57. The third-order valence-corrected chi connectivity index (χ3v) is 4.79. The topological polar surface area (TPSA) is 111 Å². The SMILES string of the molecule is CCOC(=O)Cc1ccc(Br)c(F)c1C#N.N#Cc1c(CC(=O)O)ccc(Br)c1F. The van der Waals surface area contributed by atoms with Crippen LogP contribution in [0.1, 0.15) is 29.2 Å². The van der Waals surface area contributed by atoms with Gasteiger partial charge >= 0.3 is 11.9 Å². The third-order valence-electron chi connectivity index (χ3n) is 3.57. The molecule has 0 aromatic heterocycles. The van der Waals surface area contributed by atoms with Gasteiger partial charge in [-0.15, -0.1) is 0 Å². The Morgan fingerprint density at radius 2 is 1.40 bits per heavy atom. The summed E-state index contributed by atoms with van der Waals surface area (Å²) in [7, 11) is 0. The number of carboxylic acids is 1. The molecule has 0 aliphatic carbocycles. The van der Waals surface area contributed by atoms with Crippen LogP contribution in [0.15, 0.2) is 33.2 Å². The fourth-order valence-electron chi connectivity index (χ4n) is 2.25. The lowest BCUT2D eigenvalue weighted by Gasteiger charge is -2.05. The van der Waals surface area contributed by atoms with E-state index in [0.29, 0.717) is 5.56 Å². The standard InChI is InChI=1S/C11H9BrFNO2.C9H5BrFNO2/c1-2-16-10(15)5-7-3-4-9(12)11(13)8(7)6-14;10-7-2-1-5(3-8(13)14)6(4-12)9(7)11/h3-4H,2,5H2,1H3;1-2H,3H2,(H,13,14). The minimum Gasteiger partial charge on any atom is -0.481 e. The van der Waals surface area contributed by atoms with Gasteiger partial charge in [-0.25, -0.2) is 8.78 Å². The van der Waals surface area contributed by atoms with Gasteiger partial charge in [-0.2, -0.15) is 10.5 Å². The number of esters is 1. The van der Waals surface area contributed by atoms with Crippen LogP contribution in [0.25, 0.3) is 0 Å². The largest absolute Gasteiger partial charge is 0.481 e. The number of carboxylic acid groups (broad SMARTS) is 1. The van der Waals surface area contributed by atoms with Gasteiger partial charge in [0.15, 0.2) is 11.6 Å². The molecular formula is C20H14Br2F2N2O4. The van der Waals surface area contributed by atoms with Crippen LogP contribution in [-0.4, -0.2) is 23.7 Å². The molecule has 0 amide bonds. The summed E-state index contributed by atoms with van der Waals surface area (Å²) in [6.45, 7) is 1.95. The van der Waals surface area contributed by atoms with Gasteiger partial charge in [-0.05, 0) is 62.0 Å². The molecule has 10 heteroatoms. The second-order valence-electron chi connectivity index (χ2n) is 5.57. The lowest BCUT2D eigenvalue weighted by atomic mass is 10.1. The molecule has 0 unspecified atom stereocenters. The molecule has 0 spiro atoms. The summed E-state index contributed by atoms with van der Waals surface area (Å²) >= 11 is 5.89. The summed E-state index contributed by atoms with van der Waals surface area (Å²) in [5, 5.41) is 25.9. The van der Waals surface area contributed by atoms with Crippen LogP contribution < -0.4 is 0 Å². The van der Waals surface area contributed by atoms with Crippen LogP contribution in [0.4, 0.5) is 8.78 Å². The van der Waals surface area contributed by atoms with E-state index in [2.05, 4.69) is 31.9 Å². The van der Waals surface area contributed by atoms with Crippen LogP contribution in [0.5, 0.6) is 0 Å². The summed E-state index contributed by atoms with van der Waals surface area (Å²) in [6, 6.07) is 9.17. The van der Waals surface area contributed by atoms with Crippen molar-refractivity contribution in [3.63, 3.8) is 0 Å². The van der Waals surface area contributed by atoms with Crippen molar-refractivity contribution in [3.8, 4) is 12.1 Å². The number of halogens is 4. The van der Waals surface area contributed by atoms with Crippen molar-refractivity contribution in [1.82, 2.24) is 0 Å². The molecule has 0 radical (unpaired) electrons. The van der Waals surface area contributed by atoms with Gasteiger partial charge in [0.1, 0.15) is 12.1 Å². The van der Waals surface area contributed by atoms with Gasteiger partial charge in [0.25, 0.3) is 0 Å². The molecule has 0 fully saturated rings. The van der Waals surface area contributed by atoms with E-state index in [0.717, 1.165) is 0 Å². The first kappa shape index (κ1) is 25.2. The second-order valence-corrected chi connectivity index (χ2v) is 7.28. The van der Waals surface area contributed by atoms with Crippen molar-refractivity contribution in [1.29, 1.82) is 10.5 Å². The molecule has 0 aliphatic rings. The average Bonchev–Trinajstić information content (AvgIpc) is 2.68. The molecule has 0 heterocycles. The van der Waals surface area contributed by atoms with Crippen LogP contribution in [0.2, 0.25) is 0 Å². The van der Waals surface area contributed by atoms with Crippen LogP contribution >= 0.6 is 31.9 Å². The predicted octanol–water partition coefficient (Wildman–Crippen LogP) is 4.65. The zero-order chi connectivity index (χ0) is 22.8. The number of hydrogen-bond acceptors (Lipinski definition) is 5. The molecule has 0 saturated carbocycles. The van der Waals surface area contributed by atoms with Crippen molar-refractivity contribution >= 4 is 43.8 Å². The molecule has 2 aromatic carbocycles. The van der Waals surface area contributed by atoms with Crippen molar-refractivity contribution < 1.29 is 28.2 Å². The first-order valence-corrected chi connectivity index (χ1v) is 9.86. The Morgan fingerprint density at radius 3 is 1.77 bits per heavy atom. The Morgan fingerprint density at radius 1 is 0.967 bits per heavy atom. The molecule has 2 rings (SSSR count). The zero-order valence-corrected chi connectivity index (χ0v) is 18.7. The van der Waals surface area contributed by atoms with E-state index in [-0.39, 0.29) is 45.1 Å². The number of rotatable bonds is 5. The highest BCUT2D eigenvalue weighted by Crippen LogP contribution is 2.23. The highest BCUT2D eigenvalue weighted by molar-refractivity contribution is 9.10. The predicted molar refractivity (Wildman–Crippen MR) is 109 cm³/mol. The van der Waals surface area contributed by atoms with E-state index < -0.39 is 23.6 Å². The maximum atomic E-state index is 13.5. The fraction of sp³-hybridized carbons (Fsp3) is 0.200. The molecule has 30 heavy (non-hydrogen) atoms. The highest BCUT2D eigenvalue weighted by Gasteiger charge is 2.15. The molecule has 0 atom stereocenters. The second kappa shape index (κ2) is 12.0. The molecule has 156 valence electrons. The van der Waals surface area contributed by atoms with Gasteiger partial charge < -0.3 is 9.84 Å². The molecule has 0 bridgehead atoms. The zero-order valence-electron chi connectivity index (χ0n) is 15.5. The third kappa shape index (κ3) is 6.90. The maximum absolute atomic E-state index is 13.5. The monoisotopic (exact) mass is 542 g/mol. The summed E-state index contributed by atoms with van der Waals surface area (Å²) in [6.07, 6.45) is -0.450. The van der Waals surface area contributed by atoms with Crippen molar-refractivity contribution in [2.75, 3.05) is 6.61 Å². The van der Waals surface area contributed by atoms with Gasteiger partial charge in [0, 0.05) is 0 Å². The molecule has 2 aromatic rings. The number of ether oxygens (including phenoxy) is 1. The quantitative estimate of drug-likeness (QED) is 0.549. The summed E-state index contributed by atoms with van der Waals surface area (Å²) in [4.78, 5) is 21.6. The summed E-state index contributed by atoms with van der Waals surface area (Å²) in [5.41, 5.74) is 0.173. The minimum absolute atomic E-state index is 0.0963. The van der Waals surface area contributed by atoms with Crippen molar-refractivity contribution in [2.24, 2.45) is 0 Å². The fourth-order valence-corrected chi connectivity index (χ4v) is 2.91. The molecular weight excluding hydrogens is 530 g/mol. The van der Waals surface area contributed by atoms with E-state index in [1.165, 1.54) is 24.3 Å². The molecule has 1 N–H and O–H groups in total. The van der Waals surface area contributed by atoms with Crippen LogP contribution in [0, 0.1) is 34.3 Å². The van der Waals surface area contributed by atoms with E-state index in [4.69, 9.17) is 20.4 Å². The van der Waals surface area contributed by atoms with Gasteiger partial charge in [0.05, 0.1) is 39.5 Å². The van der Waals surface area contributed by atoms with Gasteiger partial charge in [0.2, 0.25) is 0 Å². The van der Waals surface area contributed by atoms with E-state index in [1.54, 1.807) is 19.1 Å². The Labute approximate surface area is 187 Å². The summed E-state index contributed by atoms with van der Waals surface area (Å²) < 4.78 is 31.8. The van der Waals surface area contributed by atoms with Gasteiger partial charge in [-0.3, -0.25) is 9.59 Å². The molecule has 0 aliphatic heterocycles. The van der Waals surface area contributed by atoms with Crippen molar-refractivity contribution in [2.45, 2.75) is 19.8 Å². The number of nitriles is 2. The minimum atomic E-state index is -1.09. The Hall–Kier alpha value is -2.82. The van der Waals surface area contributed by atoms with Crippen LogP contribution in [0.3, 0.4) is 0 Å². The Bertz CT molecular complexity index is 1050. The number of carbonyl (C=O) groups is 2. The van der Waals surface area contributed by atoms with E-state index >= 15 is 0 Å². The summed E-state index contributed by atoms with van der Waals surface area (Å²) in [5.74, 6) is -2.93. The smallest absolute Gasteiger partial charge is 0.310 e. The molecule has 0 saturated heterocycles. The van der Waals surface area contributed by atoms with E-state index in [9.17, 15) is 18.4 Å². The lowest BCUT2D eigenvalue weighted by molar-refractivity contribution is -0.142. The Kier molecular flexibility index (Phi) is 10.1. The van der Waals surface area contributed by atoms with Crippen LogP contribution in [-0.2, 0) is 27.2 Å². The average molecular weight is 544 g/mol. The first-order valence-electron chi connectivity index (χ1n) is 8.27. The number of carbonyl (C=O) groups excluding carboxylic acids is 1. The maximum Gasteiger partial charge on any atom is 0.310 e.